The number of benzene rings is 1. The van der Waals surface area contributed by atoms with E-state index >= 15 is 0 Å². The first kappa shape index (κ1) is 11.3. The number of aliphatic hydroxyl groups is 1. The van der Waals surface area contributed by atoms with Gasteiger partial charge in [-0.05, 0) is 36.8 Å². The van der Waals surface area contributed by atoms with Crippen molar-refractivity contribution in [2.24, 2.45) is 0 Å². The molecule has 0 spiro atoms. The van der Waals surface area contributed by atoms with E-state index in [4.69, 9.17) is 0 Å². The van der Waals surface area contributed by atoms with Crippen LogP contribution in [0.4, 0.5) is 0 Å². The van der Waals surface area contributed by atoms with Crippen molar-refractivity contribution in [1.29, 1.82) is 0 Å². The van der Waals surface area contributed by atoms with Gasteiger partial charge in [-0.25, -0.2) is 0 Å². The Labute approximate surface area is 89.8 Å². The molecular weight excluding hydrogens is 192 g/mol. The number of allylic oxidation sites excluding steroid dienone is 1. The fourth-order valence-electron chi connectivity index (χ4n) is 1.27. The van der Waals surface area contributed by atoms with Gasteiger partial charge in [0.15, 0.2) is 0 Å². The number of hydrogen-bond acceptors (Lipinski definition) is 2. The first-order chi connectivity index (χ1) is 6.77. The summed E-state index contributed by atoms with van der Waals surface area (Å²) in [6.45, 7) is 3.64. The maximum Gasteiger partial charge on any atom is 0.0793 e. The molecular formula is C12H16OS. The van der Waals surface area contributed by atoms with Crippen LogP contribution in [-0.4, -0.2) is 11.4 Å². The Morgan fingerprint density at radius 2 is 2.07 bits per heavy atom. The summed E-state index contributed by atoms with van der Waals surface area (Å²) in [5, 5.41) is 9.76. The van der Waals surface area contributed by atoms with Gasteiger partial charge in [-0.2, -0.15) is 0 Å². The third kappa shape index (κ3) is 3.20. The van der Waals surface area contributed by atoms with Gasteiger partial charge in [0.25, 0.3) is 0 Å². The highest BCUT2D eigenvalue weighted by molar-refractivity contribution is 7.98. The first-order valence-electron chi connectivity index (χ1n) is 4.71. The Kier molecular flexibility index (Phi) is 4.77. The fraction of sp³-hybridized carbons (Fsp3) is 0.333. The molecule has 1 N–H and O–H groups in total. The van der Waals surface area contributed by atoms with E-state index in [1.54, 1.807) is 11.8 Å². The van der Waals surface area contributed by atoms with Gasteiger partial charge in [-0.1, -0.05) is 18.2 Å². The molecule has 0 saturated carbocycles. The summed E-state index contributed by atoms with van der Waals surface area (Å²) < 4.78 is 0. The van der Waals surface area contributed by atoms with E-state index < -0.39 is 0 Å². The molecule has 1 nitrogen and oxygen atoms in total. The van der Waals surface area contributed by atoms with E-state index in [9.17, 15) is 5.11 Å². The minimum absolute atomic E-state index is 0.357. The summed E-state index contributed by atoms with van der Waals surface area (Å²) in [6, 6.07) is 8.05. The summed E-state index contributed by atoms with van der Waals surface area (Å²) >= 11 is 1.71. The molecule has 0 amide bonds. The second kappa shape index (κ2) is 5.89. The van der Waals surface area contributed by atoms with Gasteiger partial charge in [0.2, 0.25) is 0 Å². The van der Waals surface area contributed by atoms with Crippen molar-refractivity contribution in [3.05, 3.63) is 42.5 Å². The smallest absolute Gasteiger partial charge is 0.0793 e. The van der Waals surface area contributed by atoms with E-state index in [2.05, 4.69) is 6.58 Å². The van der Waals surface area contributed by atoms with Crippen molar-refractivity contribution in [1.82, 2.24) is 0 Å². The summed E-state index contributed by atoms with van der Waals surface area (Å²) in [7, 11) is 0. The lowest BCUT2D eigenvalue weighted by Gasteiger charge is -2.09. The zero-order chi connectivity index (χ0) is 10.4. The molecule has 0 radical (unpaired) electrons. The van der Waals surface area contributed by atoms with Crippen LogP contribution in [0, 0.1) is 0 Å². The van der Waals surface area contributed by atoms with Gasteiger partial charge in [-0.3, -0.25) is 0 Å². The van der Waals surface area contributed by atoms with Gasteiger partial charge < -0.3 is 5.11 Å². The largest absolute Gasteiger partial charge is 0.388 e. The van der Waals surface area contributed by atoms with Crippen molar-refractivity contribution in [2.45, 2.75) is 23.8 Å². The molecule has 0 fully saturated rings. The molecule has 0 aromatic heterocycles. The maximum absolute atomic E-state index is 9.76. The molecule has 0 aliphatic carbocycles. The standard InChI is InChI=1S/C12H16OS/c1-3-4-5-12(13)10-6-8-11(14-2)9-7-10/h3,6-9,12-13H,1,4-5H2,2H3. The summed E-state index contributed by atoms with van der Waals surface area (Å²) in [6.07, 6.45) is 5.12. The molecule has 0 saturated heterocycles. The highest BCUT2D eigenvalue weighted by atomic mass is 32.2. The molecule has 0 aliphatic heterocycles. The molecule has 1 unspecified atom stereocenters. The van der Waals surface area contributed by atoms with Gasteiger partial charge in [0.05, 0.1) is 6.10 Å². The van der Waals surface area contributed by atoms with Crippen molar-refractivity contribution in [3.8, 4) is 0 Å². The van der Waals surface area contributed by atoms with Crippen LogP contribution in [0.5, 0.6) is 0 Å². The van der Waals surface area contributed by atoms with Crippen LogP contribution in [0.1, 0.15) is 24.5 Å². The van der Waals surface area contributed by atoms with Crippen molar-refractivity contribution < 1.29 is 5.11 Å². The van der Waals surface area contributed by atoms with Gasteiger partial charge >= 0.3 is 0 Å². The number of thioether (sulfide) groups is 1. The van der Waals surface area contributed by atoms with Crippen LogP contribution in [0.25, 0.3) is 0 Å². The molecule has 1 aromatic carbocycles. The lowest BCUT2D eigenvalue weighted by Crippen LogP contribution is -1.96. The molecule has 0 bridgehead atoms. The van der Waals surface area contributed by atoms with Crippen LogP contribution in [-0.2, 0) is 0 Å². The predicted molar refractivity (Wildman–Crippen MR) is 62.6 cm³/mol. The fourth-order valence-corrected chi connectivity index (χ4v) is 1.68. The van der Waals surface area contributed by atoms with Crippen LogP contribution in [0.3, 0.4) is 0 Å². The Hall–Kier alpha value is -0.730. The van der Waals surface area contributed by atoms with Gasteiger partial charge in [-0.15, -0.1) is 18.3 Å². The van der Waals surface area contributed by atoms with E-state index in [1.165, 1.54) is 4.90 Å². The maximum atomic E-state index is 9.76. The lowest BCUT2D eigenvalue weighted by molar-refractivity contribution is 0.168. The molecule has 1 aromatic rings. The summed E-state index contributed by atoms with van der Waals surface area (Å²) in [5.74, 6) is 0. The minimum Gasteiger partial charge on any atom is -0.388 e. The Balaban J connectivity index is 2.61. The second-order valence-electron chi connectivity index (χ2n) is 3.15. The molecule has 76 valence electrons. The van der Waals surface area contributed by atoms with Crippen LogP contribution in [0.15, 0.2) is 41.8 Å². The third-order valence-corrected chi connectivity index (χ3v) is 2.89. The number of aliphatic hydroxyl groups excluding tert-OH is 1. The van der Waals surface area contributed by atoms with E-state index in [1.807, 2.05) is 36.6 Å². The Morgan fingerprint density at radius 1 is 1.43 bits per heavy atom. The monoisotopic (exact) mass is 208 g/mol. The lowest BCUT2D eigenvalue weighted by atomic mass is 10.1. The molecule has 1 rings (SSSR count). The zero-order valence-corrected chi connectivity index (χ0v) is 9.26. The molecule has 0 aliphatic rings. The van der Waals surface area contributed by atoms with E-state index in [0.717, 1.165) is 18.4 Å². The molecule has 0 heterocycles. The first-order valence-corrected chi connectivity index (χ1v) is 5.93. The third-order valence-electron chi connectivity index (χ3n) is 2.14. The average molecular weight is 208 g/mol. The van der Waals surface area contributed by atoms with Crippen molar-refractivity contribution >= 4 is 11.8 Å². The second-order valence-corrected chi connectivity index (χ2v) is 4.03. The van der Waals surface area contributed by atoms with Crippen LogP contribution in [0.2, 0.25) is 0 Å². The van der Waals surface area contributed by atoms with E-state index in [-0.39, 0.29) is 6.10 Å². The molecule has 2 heteroatoms. The molecule has 1 atom stereocenters. The average Bonchev–Trinajstić information content (AvgIpc) is 2.26. The predicted octanol–water partition coefficient (Wildman–Crippen LogP) is 3.41. The number of rotatable bonds is 5. The van der Waals surface area contributed by atoms with Crippen LogP contribution >= 0.6 is 11.8 Å². The molecule has 14 heavy (non-hydrogen) atoms. The minimum atomic E-state index is -0.357. The van der Waals surface area contributed by atoms with E-state index in [0.29, 0.717) is 0 Å². The Bertz CT molecular complexity index is 279. The van der Waals surface area contributed by atoms with Crippen molar-refractivity contribution in [3.63, 3.8) is 0 Å². The van der Waals surface area contributed by atoms with Crippen LogP contribution < -0.4 is 0 Å². The van der Waals surface area contributed by atoms with Crippen molar-refractivity contribution in [2.75, 3.05) is 6.26 Å². The van der Waals surface area contributed by atoms with Gasteiger partial charge in [0, 0.05) is 4.90 Å². The van der Waals surface area contributed by atoms with Gasteiger partial charge in [0.1, 0.15) is 0 Å². The quantitative estimate of drug-likeness (QED) is 0.591. The summed E-state index contributed by atoms with van der Waals surface area (Å²) in [5.41, 5.74) is 0.990. The Morgan fingerprint density at radius 3 is 2.57 bits per heavy atom. The SMILES string of the molecule is C=CCCC(O)c1ccc(SC)cc1. The highest BCUT2D eigenvalue weighted by Gasteiger charge is 2.05. The summed E-state index contributed by atoms with van der Waals surface area (Å²) in [4.78, 5) is 1.23. The zero-order valence-electron chi connectivity index (χ0n) is 8.44. The normalized spacial score (nSPS) is 12.4. The highest BCUT2D eigenvalue weighted by Crippen LogP contribution is 2.21. The number of hydrogen-bond donors (Lipinski definition) is 1. The topological polar surface area (TPSA) is 20.2 Å².